The van der Waals surface area contributed by atoms with Gasteiger partial charge in [0.15, 0.2) is 0 Å². The van der Waals surface area contributed by atoms with Gasteiger partial charge in [0.2, 0.25) is 10.0 Å². The zero-order chi connectivity index (χ0) is 17.8. The highest BCUT2D eigenvalue weighted by molar-refractivity contribution is 7.89. The number of piperazine rings is 1. The third-order valence-electron chi connectivity index (χ3n) is 4.45. The first-order valence-electron chi connectivity index (χ1n) is 8.45. The van der Waals surface area contributed by atoms with Crippen LogP contribution in [0.25, 0.3) is 0 Å². The normalized spacial score (nSPS) is 17.6. The molecule has 0 saturated carbocycles. The minimum Gasteiger partial charge on any atom is -0.301 e. The maximum Gasteiger partial charge on any atom is 0.243 e. The summed E-state index contributed by atoms with van der Waals surface area (Å²) in [7, 11) is -3.42. The maximum absolute atomic E-state index is 12.8. The summed E-state index contributed by atoms with van der Waals surface area (Å²) in [5.74, 6) is 0. The van der Waals surface area contributed by atoms with Crippen molar-refractivity contribution in [2.45, 2.75) is 43.9 Å². The summed E-state index contributed by atoms with van der Waals surface area (Å²) in [5, 5.41) is 8.58. The van der Waals surface area contributed by atoms with Gasteiger partial charge in [-0.1, -0.05) is 32.9 Å². The van der Waals surface area contributed by atoms with Crippen LogP contribution in [0.3, 0.4) is 0 Å². The van der Waals surface area contributed by atoms with E-state index in [9.17, 15) is 8.42 Å². The van der Waals surface area contributed by atoms with Gasteiger partial charge in [-0.05, 0) is 36.1 Å². The number of nitriles is 1. The van der Waals surface area contributed by atoms with Crippen LogP contribution >= 0.6 is 0 Å². The molecule has 132 valence electrons. The first kappa shape index (κ1) is 18.9. The Morgan fingerprint density at radius 1 is 1.08 bits per heavy atom. The Kier molecular flexibility index (Phi) is 6.02. The molecule has 1 aromatic carbocycles. The molecule has 24 heavy (non-hydrogen) atoms. The van der Waals surface area contributed by atoms with Gasteiger partial charge in [0.25, 0.3) is 0 Å². The lowest BCUT2D eigenvalue weighted by atomic mass is 9.87. The van der Waals surface area contributed by atoms with Gasteiger partial charge < -0.3 is 4.90 Å². The monoisotopic (exact) mass is 349 g/mol. The molecule has 6 heteroatoms. The molecule has 0 aromatic heterocycles. The SMILES string of the molecule is CC(C)(C)c1ccc(S(=O)(=O)N2CCN(CCCC#N)CC2)cc1. The second-order valence-electron chi connectivity index (χ2n) is 7.28. The van der Waals surface area contributed by atoms with E-state index < -0.39 is 10.0 Å². The van der Waals surface area contributed by atoms with E-state index in [1.54, 1.807) is 16.4 Å². The van der Waals surface area contributed by atoms with Crippen molar-refractivity contribution in [2.75, 3.05) is 32.7 Å². The molecule has 0 atom stereocenters. The van der Waals surface area contributed by atoms with Crippen LogP contribution in [0.1, 0.15) is 39.2 Å². The van der Waals surface area contributed by atoms with Crippen LogP contribution in [0, 0.1) is 11.3 Å². The standard InChI is InChI=1S/C18H27N3O2S/c1-18(2,3)16-6-8-17(9-7-16)24(22,23)21-14-12-20(13-15-21)11-5-4-10-19/h6-9H,4-5,11-15H2,1-3H3. The van der Waals surface area contributed by atoms with Gasteiger partial charge in [-0.3, -0.25) is 0 Å². The van der Waals surface area contributed by atoms with Crippen molar-refractivity contribution in [3.05, 3.63) is 29.8 Å². The Hall–Kier alpha value is -1.42. The van der Waals surface area contributed by atoms with Gasteiger partial charge in [0.1, 0.15) is 0 Å². The summed E-state index contributed by atoms with van der Waals surface area (Å²) in [6, 6.07) is 9.39. The molecule has 0 radical (unpaired) electrons. The molecule has 1 aliphatic rings. The largest absolute Gasteiger partial charge is 0.301 e. The molecule has 1 heterocycles. The third kappa shape index (κ3) is 4.56. The molecule has 1 fully saturated rings. The second kappa shape index (κ2) is 7.64. The number of sulfonamides is 1. The van der Waals surface area contributed by atoms with Crippen LogP contribution in [0.4, 0.5) is 0 Å². The average molecular weight is 350 g/mol. The molecule has 2 rings (SSSR count). The zero-order valence-corrected chi connectivity index (χ0v) is 15.6. The highest BCUT2D eigenvalue weighted by Crippen LogP contribution is 2.25. The average Bonchev–Trinajstić information content (AvgIpc) is 2.55. The summed E-state index contributed by atoms with van der Waals surface area (Å²) >= 11 is 0. The van der Waals surface area contributed by atoms with Gasteiger partial charge in [-0.15, -0.1) is 0 Å². The number of benzene rings is 1. The molecule has 0 amide bonds. The summed E-state index contributed by atoms with van der Waals surface area (Å²) in [4.78, 5) is 2.60. The summed E-state index contributed by atoms with van der Waals surface area (Å²) < 4.78 is 27.1. The predicted octanol–water partition coefficient (Wildman–Crippen LogP) is 2.59. The number of rotatable bonds is 5. The van der Waals surface area contributed by atoms with Crippen molar-refractivity contribution in [1.29, 1.82) is 5.26 Å². The molecule has 1 aliphatic heterocycles. The smallest absolute Gasteiger partial charge is 0.243 e. The first-order chi connectivity index (χ1) is 11.2. The predicted molar refractivity (Wildman–Crippen MR) is 95.2 cm³/mol. The fourth-order valence-corrected chi connectivity index (χ4v) is 4.27. The van der Waals surface area contributed by atoms with Crippen LogP contribution in [-0.2, 0) is 15.4 Å². The minimum atomic E-state index is -3.42. The van der Waals surface area contributed by atoms with E-state index in [-0.39, 0.29) is 5.41 Å². The highest BCUT2D eigenvalue weighted by Gasteiger charge is 2.28. The van der Waals surface area contributed by atoms with Gasteiger partial charge in [-0.25, -0.2) is 8.42 Å². The van der Waals surface area contributed by atoms with E-state index in [0.717, 1.165) is 31.6 Å². The van der Waals surface area contributed by atoms with Crippen LogP contribution in [0.15, 0.2) is 29.2 Å². The van der Waals surface area contributed by atoms with Gasteiger partial charge >= 0.3 is 0 Å². The lowest BCUT2D eigenvalue weighted by Crippen LogP contribution is -2.48. The van der Waals surface area contributed by atoms with Gasteiger partial charge in [0, 0.05) is 32.6 Å². The van der Waals surface area contributed by atoms with Crippen molar-refractivity contribution >= 4 is 10.0 Å². The molecule has 0 bridgehead atoms. The molecule has 1 aromatic rings. The number of hydrogen-bond acceptors (Lipinski definition) is 4. The molecule has 5 nitrogen and oxygen atoms in total. The highest BCUT2D eigenvalue weighted by atomic mass is 32.2. The third-order valence-corrected chi connectivity index (χ3v) is 6.37. The minimum absolute atomic E-state index is 0.0113. The van der Waals surface area contributed by atoms with Crippen LogP contribution in [0.5, 0.6) is 0 Å². The first-order valence-corrected chi connectivity index (χ1v) is 9.89. The lowest BCUT2D eigenvalue weighted by Gasteiger charge is -2.33. The van der Waals surface area contributed by atoms with E-state index in [1.807, 2.05) is 12.1 Å². The molecule has 0 N–H and O–H groups in total. The molecular weight excluding hydrogens is 322 g/mol. The quantitative estimate of drug-likeness (QED) is 0.767. The number of unbranched alkanes of at least 4 members (excludes halogenated alkanes) is 1. The summed E-state index contributed by atoms with van der Waals surface area (Å²) in [5.41, 5.74) is 1.14. The molecule has 1 saturated heterocycles. The number of nitrogens with zero attached hydrogens (tertiary/aromatic N) is 3. The van der Waals surface area contributed by atoms with Gasteiger partial charge in [-0.2, -0.15) is 9.57 Å². The van der Waals surface area contributed by atoms with E-state index in [2.05, 4.69) is 31.7 Å². The van der Waals surface area contributed by atoms with Crippen molar-refractivity contribution in [1.82, 2.24) is 9.21 Å². The van der Waals surface area contributed by atoms with E-state index in [4.69, 9.17) is 5.26 Å². The van der Waals surface area contributed by atoms with E-state index in [1.165, 1.54) is 0 Å². The Balaban J connectivity index is 2.00. The topological polar surface area (TPSA) is 64.4 Å². The van der Waals surface area contributed by atoms with E-state index >= 15 is 0 Å². The van der Waals surface area contributed by atoms with Gasteiger partial charge in [0.05, 0.1) is 11.0 Å². The Labute approximate surface area is 145 Å². The van der Waals surface area contributed by atoms with Crippen LogP contribution in [-0.4, -0.2) is 50.3 Å². The number of hydrogen-bond donors (Lipinski definition) is 0. The van der Waals surface area contributed by atoms with Crippen molar-refractivity contribution in [2.24, 2.45) is 0 Å². The zero-order valence-electron chi connectivity index (χ0n) is 14.8. The van der Waals surface area contributed by atoms with Crippen molar-refractivity contribution in [3.63, 3.8) is 0 Å². The summed E-state index contributed by atoms with van der Waals surface area (Å²) in [6.07, 6.45) is 1.40. The maximum atomic E-state index is 12.8. The molecule has 0 aliphatic carbocycles. The van der Waals surface area contributed by atoms with E-state index in [0.29, 0.717) is 24.4 Å². The van der Waals surface area contributed by atoms with Crippen LogP contribution in [0.2, 0.25) is 0 Å². The van der Waals surface area contributed by atoms with Crippen molar-refractivity contribution in [3.8, 4) is 6.07 Å². The lowest BCUT2D eigenvalue weighted by molar-refractivity contribution is 0.187. The fourth-order valence-electron chi connectivity index (χ4n) is 2.85. The van der Waals surface area contributed by atoms with Crippen molar-refractivity contribution < 1.29 is 8.42 Å². The summed E-state index contributed by atoms with van der Waals surface area (Å²) in [6.45, 7) is 9.68. The Bertz CT molecular complexity index is 676. The molecule has 0 unspecified atom stereocenters. The Morgan fingerprint density at radius 3 is 2.17 bits per heavy atom. The Morgan fingerprint density at radius 2 is 1.67 bits per heavy atom. The molecule has 0 spiro atoms. The molecular formula is C18H27N3O2S. The second-order valence-corrected chi connectivity index (χ2v) is 9.22. The van der Waals surface area contributed by atoms with Crippen LogP contribution < -0.4 is 0 Å². The fraction of sp³-hybridized carbons (Fsp3) is 0.611.